The molecule has 7 nitrogen and oxygen atoms in total. The third-order valence-corrected chi connectivity index (χ3v) is 5.76. The van der Waals surface area contributed by atoms with Crippen molar-refractivity contribution in [3.63, 3.8) is 0 Å². The number of benzene rings is 1. The maximum atomic E-state index is 13.5. The van der Waals surface area contributed by atoms with Crippen molar-refractivity contribution >= 4 is 5.91 Å². The van der Waals surface area contributed by atoms with E-state index in [1.165, 1.54) is 0 Å². The molecular weight excluding hydrogens is 384 g/mol. The minimum Gasteiger partial charge on any atom is -0.493 e. The number of aryl methyl sites for hydroxylation is 1. The molecule has 7 heteroatoms. The topological polar surface area (TPSA) is 70.0 Å². The number of para-hydroxylation sites is 1. The van der Waals surface area contributed by atoms with Gasteiger partial charge < -0.3 is 23.7 Å². The highest BCUT2D eigenvalue weighted by Crippen LogP contribution is 2.33. The van der Waals surface area contributed by atoms with Gasteiger partial charge in [-0.3, -0.25) is 9.59 Å². The van der Waals surface area contributed by atoms with Crippen molar-refractivity contribution < 1.29 is 19.0 Å². The Hall–Kier alpha value is -2.80. The standard InChI is InChI=1S/C23H28N2O5/c1-16-9-11-25(15-18-7-4-12-29-18)23(27)20(16)22(26)24-10-5-13-30-21-17(14-24)6-3-8-19(21)28-2/h3,6,8-9,11,18H,4-5,7,10,12-15H2,1-2H3. The molecule has 4 rings (SSSR count). The van der Waals surface area contributed by atoms with Gasteiger partial charge in [0.2, 0.25) is 0 Å². The average Bonchev–Trinajstić information content (AvgIpc) is 3.23. The van der Waals surface area contributed by atoms with E-state index in [1.54, 1.807) is 22.8 Å². The minimum atomic E-state index is -0.250. The molecule has 0 saturated carbocycles. The van der Waals surface area contributed by atoms with E-state index >= 15 is 0 Å². The molecule has 3 heterocycles. The van der Waals surface area contributed by atoms with Crippen LogP contribution in [0.2, 0.25) is 0 Å². The van der Waals surface area contributed by atoms with Crippen LogP contribution in [0.15, 0.2) is 35.3 Å². The molecule has 1 aromatic heterocycles. The Bertz CT molecular complexity index is 978. The highest BCUT2D eigenvalue weighted by atomic mass is 16.5. The Morgan fingerprint density at radius 1 is 1.23 bits per heavy atom. The summed E-state index contributed by atoms with van der Waals surface area (Å²) in [7, 11) is 1.60. The Morgan fingerprint density at radius 3 is 2.87 bits per heavy atom. The maximum absolute atomic E-state index is 13.5. The fourth-order valence-electron chi connectivity index (χ4n) is 4.13. The zero-order chi connectivity index (χ0) is 21.1. The van der Waals surface area contributed by atoms with Gasteiger partial charge in [-0.2, -0.15) is 0 Å². The van der Waals surface area contributed by atoms with Crippen LogP contribution in [-0.4, -0.2) is 48.3 Å². The average molecular weight is 412 g/mol. The predicted molar refractivity (Wildman–Crippen MR) is 112 cm³/mol. The first kappa shape index (κ1) is 20.5. The molecule has 1 unspecified atom stereocenters. The van der Waals surface area contributed by atoms with Crippen LogP contribution in [0.5, 0.6) is 11.5 Å². The largest absolute Gasteiger partial charge is 0.493 e. The van der Waals surface area contributed by atoms with Crippen LogP contribution in [0.1, 0.15) is 40.7 Å². The van der Waals surface area contributed by atoms with Gasteiger partial charge in [-0.05, 0) is 43.9 Å². The minimum absolute atomic E-state index is 0.0338. The molecule has 2 aliphatic rings. The van der Waals surface area contributed by atoms with Crippen LogP contribution in [0.4, 0.5) is 0 Å². The number of rotatable bonds is 4. The summed E-state index contributed by atoms with van der Waals surface area (Å²) in [5, 5.41) is 0. The molecule has 0 spiro atoms. The molecule has 0 bridgehead atoms. The summed E-state index contributed by atoms with van der Waals surface area (Å²) in [5.41, 5.74) is 1.55. The Balaban J connectivity index is 1.64. The lowest BCUT2D eigenvalue weighted by molar-refractivity contribution is 0.0715. The van der Waals surface area contributed by atoms with Crippen LogP contribution in [0, 0.1) is 6.92 Å². The number of ether oxygens (including phenoxy) is 3. The van der Waals surface area contributed by atoms with Gasteiger partial charge in [-0.1, -0.05) is 12.1 Å². The quantitative estimate of drug-likeness (QED) is 0.772. The molecule has 1 amide bonds. The first-order valence-electron chi connectivity index (χ1n) is 10.5. The third-order valence-electron chi connectivity index (χ3n) is 5.76. The Kier molecular flexibility index (Phi) is 6.08. The molecule has 0 radical (unpaired) electrons. The fourth-order valence-corrected chi connectivity index (χ4v) is 4.13. The number of carbonyl (C=O) groups excluding carboxylic acids is 1. The van der Waals surface area contributed by atoms with Gasteiger partial charge in [-0.15, -0.1) is 0 Å². The van der Waals surface area contributed by atoms with Crippen molar-refractivity contribution in [2.24, 2.45) is 0 Å². The number of nitrogens with zero attached hydrogens (tertiary/aromatic N) is 2. The zero-order valence-corrected chi connectivity index (χ0v) is 17.6. The van der Waals surface area contributed by atoms with Crippen LogP contribution in [-0.2, 0) is 17.8 Å². The summed E-state index contributed by atoms with van der Waals surface area (Å²) < 4.78 is 18.6. The van der Waals surface area contributed by atoms with E-state index in [2.05, 4.69) is 0 Å². The SMILES string of the molecule is COc1cccc2c1OCCCN(C(=O)c1c(C)ccn(CC3CCCO3)c1=O)C2. The molecule has 160 valence electrons. The second-order valence-corrected chi connectivity index (χ2v) is 7.84. The van der Waals surface area contributed by atoms with Gasteiger partial charge in [0.05, 0.1) is 26.4 Å². The molecular formula is C23H28N2O5. The summed E-state index contributed by atoms with van der Waals surface area (Å²) in [6, 6.07) is 7.50. The summed E-state index contributed by atoms with van der Waals surface area (Å²) >= 11 is 0. The van der Waals surface area contributed by atoms with Gasteiger partial charge in [0, 0.05) is 31.5 Å². The molecule has 30 heavy (non-hydrogen) atoms. The molecule has 1 aromatic carbocycles. The van der Waals surface area contributed by atoms with Crippen molar-refractivity contribution in [1.29, 1.82) is 0 Å². The smallest absolute Gasteiger partial charge is 0.263 e. The number of hydrogen-bond acceptors (Lipinski definition) is 5. The Morgan fingerprint density at radius 2 is 2.10 bits per heavy atom. The number of aromatic nitrogens is 1. The second-order valence-electron chi connectivity index (χ2n) is 7.84. The highest BCUT2D eigenvalue weighted by molar-refractivity contribution is 5.95. The number of amides is 1. The summed E-state index contributed by atoms with van der Waals surface area (Å²) in [5.74, 6) is 1.07. The van der Waals surface area contributed by atoms with Gasteiger partial charge in [0.15, 0.2) is 11.5 Å². The van der Waals surface area contributed by atoms with E-state index in [9.17, 15) is 9.59 Å². The maximum Gasteiger partial charge on any atom is 0.263 e. The van der Waals surface area contributed by atoms with Crippen LogP contribution < -0.4 is 15.0 Å². The van der Waals surface area contributed by atoms with Crippen molar-refractivity contribution in [2.75, 3.05) is 26.9 Å². The molecule has 1 atom stereocenters. The van der Waals surface area contributed by atoms with E-state index in [0.717, 1.165) is 25.0 Å². The number of hydrogen-bond donors (Lipinski definition) is 0. The predicted octanol–water partition coefficient (Wildman–Crippen LogP) is 2.77. The molecule has 2 aliphatic heterocycles. The zero-order valence-electron chi connectivity index (χ0n) is 17.6. The molecule has 0 N–H and O–H groups in total. The monoisotopic (exact) mass is 412 g/mol. The van der Waals surface area contributed by atoms with E-state index in [4.69, 9.17) is 14.2 Å². The van der Waals surface area contributed by atoms with Crippen molar-refractivity contribution in [2.45, 2.75) is 45.4 Å². The van der Waals surface area contributed by atoms with Crippen LogP contribution >= 0.6 is 0 Å². The van der Waals surface area contributed by atoms with Gasteiger partial charge in [0.1, 0.15) is 5.56 Å². The van der Waals surface area contributed by atoms with Crippen molar-refractivity contribution in [1.82, 2.24) is 9.47 Å². The van der Waals surface area contributed by atoms with Gasteiger partial charge >= 0.3 is 0 Å². The van der Waals surface area contributed by atoms with E-state index in [0.29, 0.717) is 49.7 Å². The Labute approximate surface area is 176 Å². The summed E-state index contributed by atoms with van der Waals surface area (Å²) in [6.07, 6.45) is 4.42. The summed E-state index contributed by atoms with van der Waals surface area (Å²) in [6.45, 7) is 4.40. The molecule has 1 saturated heterocycles. The summed E-state index contributed by atoms with van der Waals surface area (Å²) in [4.78, 5) is 28.4. The first-order chi connectivity index (χ1) is 14.6. The molecule has 1 fully saturated rings. The van der Waals surface area contributed by atoms with Crippen LogP contribution in [0.3, 0.4) is 0 Å². The lowest BCUT2D eigenvalue weighted by atomic mass is 10.1. The number of fused-ring (bicyclic) bond motifs is 1. The fraction of sp³-hybridized carbons (Fsp3) is 0.478. The lowest BCUT2D eigenvalue weighted by Gasteiger charge is -2.28. The molecule has 0 aliphatic carbocycles. The number of methoxy groups -OCH3 is 1. The van der Waals surface area contributed by atoms with E-state index in [1.807, 2.05) is 31.2 Å². The normalized spacial score (nSPS) is 18.9. The van der Waals surface area contributed by atoms with Crippen molar-refractivity contribution in [3.05, 3.63) is 57.5 Å². The second kappa shape index (κ2) is 8.92. The highest BCUT2D eigenvalue weighted by Gasteiger charge is 2.26. The lowest BCUT2D eigenvalue weighted by Crippen LogP contribution is -2.39. The van der Waals surface area contributed by atoms with E-state index < -0.39 is 0 Å². The van der Waals surface area contributed by atoms with Crippen molar-refractivity contribution in [3.8, 4) is 11.5 Å². The number of carbonyl (C=O) groups is 1. The van der Waals surface area contributed by atoms with Gasteiger partial charge in [-0.25, -0.2) is 0 Å². The third kappa shape index (κ3) is 4.07. The molecule has 2 aromatic rings. The van der Waals surface area contributed by atoms with Crippen LogP contribution in [0.25, 0.3) is 0 Å². The number of pyridine rings is 1. The van der Waals surface area contributed by atoms with Gasteiger partial charge in [0.25, 0.3) is 11.5 Å². The van der Waals surface area contributed by atoms with E-state index in [-0.39, 0.29) is 23.1 Å². The first-order valence-corrected chi connectivity index (χ1v) is 10.5.